The van der Waals surface area contributed by atoms with Crippen LogP contribution in [-0.2, 0) is 0 Å². The summed E-state index contributed by atoms with van der Waals surface area (Å²) < 4.78 is 12.8. The minimum Gasteiger partial charge on any atom is -0.459 e. The third-order valence-electron chi connectivity index (χ3n) is 6.68. The molecule has 0 N–H and O–H groups in total. The maximum absolute atomic E-state index is 6.63. The van der Waals surface area contributed by atoms with Crippen LogP contribution in [0.1, 0.15) is 5.56 Å². The van der Waals surface area contributed by atoms with Gasteiger partial charge in [-0.05, 0) is 58.3 Å². The van der Waals surface area contributed by atoms with E-state index >= 15 is 0 Å². The number of aryl methyl sites for hydroxylation is 1. The van der Waals surface area contributed by atoms with Crippen molar-refractivity contribution in [3.05, 3.63) is 127 Å². The van der Waals surface area contributed by atoms with Crippen molar-refractivity contribution in [2.75, 3.05) is 0 Å². The third-order valence-corrected chi connectivity index (χ3v) is 6.68. The zero-order chi connectivity index (χ0) is 23.2. The minimum absolute atomic E-state index is 0.0550. The van der Waals surface area contributed by atoms with Crippen LogP contribution in [0.4, 0.5) is 0 Å². The number of ether oxygens (including phenoxy) is 2. The molecule has 162 valence electrons. The molecule has 0 fully saturated rings. The molecule has 6 rings (SSSR count). The van der Waals surface area contributed by atoms with Gasteiger partial charge in [-0.15, -0.1) is 0 Å². The van der Waals surface area contributed by atoms with Gasteiger partial charge in [-0.2, -0.15) is 0 Å². The highest BCUT2D eigenvalue weighted by atomic mass is 16.5. The smallest absolute Gasteiger partial charge is 0.260 e. The van der Waals surface area contributed by atoms with Gasteiger partial charge in [0.15, 0.2) is 0 Å². The molecule has 0 saturated heterocycles. The normalized spacial score (nSPS) is 14.7. The van der Waals surface area contributed by atoms with Gasteiger partial charge in [-0.25, -0.2) is 0 Å². The number of hydrogen-bond donors (Lipinski definition) is 0. The molecule has 0 aromatic heterocycles. The van der Waals surface area contributed by atoms with Crippen molar-refractivity contribution in [3.8, 4) is 39.5 Å². The SMILES string of the molecule is C=C/C=C1/B2c3cc(-c4ccccc4C)ccc3Oc3c(-c4ccccc4)ccc(c32)OC1=C. The zero-order valence-electron chi connectivity index (χ0n) is 19.0. The van der Waals surface area contributed by atoms with Crippen LogP contribution in [0.25, 0.3) is 22.3 Å². The molecule has 4 aromatic carbocycles. The molecule has 0 spiro atoms. The maximum Gasteiger partial charge on any atom is 0.260 e. The van der Waals surface area contributed by atoms with Crippen LogP contribution in [0.2, 0.25) is 0 Å². The Balaban J connectivity index is 1.62. The van der Waals surface area contributed by atoms with Gasteiger partial charge in [0, 0.05) is 11.0 Å². The number of allylic oxidation sites excluding steroid dienone is 3. The van der Waals surface area contributed by atoms with E-state index in [1.807, 2.05) is 30.3 Å². The van der Waals surface area contributed by atoms with Crippen molar-refractivity contribution >= 4 is 17.6 Å². The third kappa shape index (κ3) is 3.13. The number of hydrogen-bond acceptors (Lipinski definition) is 2. The molecule has 2 heterocycles. The summed E-state index contributed by atoms with van der Waals surface area (Å²) in [6, 6.07) is 29.4. The molecule has 0 amide bonds. The first kappa shape index (κ1) is 20.4. The van der Waals surface area contributed by atoms with E-state index in [0.717, 1.165) is 44.8 Å². The van der Waals surface area contributed by atoms with Crippen molar-refractivity contribution in [2.24, 2.45) is 0 Å². The predicted octanol–water partition coefficient (Wildman–Crippen LogP) is 6.60. The van der Waals surface area contributed by atoms with E-state index in [4.69, 9.17) is 9.47 Å². The summed E-state index contributed by atoms with van der Waals surface area (Å²) in [7, 11) is 0. The number of fused-ring (bicyclic) bond motifs is 2. The monoisotopic (exact) mass is 438 g/mol. The maximum atomic E-state index is 6.63. The molecule has 2 nitrogen and oxygen atoms in total. The second-order valence-electron chi connectivity index (χ2n) is 8.71. The summed E-state index contributed by atoms with van der Waals surface area (Å²) in [5, 5.41) is 0. The molecule has 3 heteroatoms. The lowest BCUT2D eigenvalue weighted by Gasteiger charge is -2.35. The van der Waals surface area contributed by atoms with E-state index in [1.54, 1.807) is 6.08 Å². The van der Waals surface area contributed by atoms with E-state index in [0.29, 0.717) is 5.76 Å². The number of benzene rings is 4. The Hall–Kier alpha value is -4.24. The molecule has 0 atom stereocenters. The van der Waals surface area contributed by atoms with Gasteiger partial charge in [0.05, 0.1) is 0 Å². The molecule has 4 aromatic rings. The van der Waals surface area contributed by atoms with Gasteiger partial charge in [-0.1, -0.05) is 92.0 Å². The highest BCUT2D eigenvalue weighted by Gasteiger charge is 2.42. The molecule has 0 aliphatic carbocycles. The second-order valence-corrected chi connectivity index (χ2v) is 8.71. The van der Waals surface area contributed by atoms with Gasteiger partial charge in [0.25, 0.3) is 6.71 Å². The quantitative estimate of drug-likeness (QED) is 0.336. The van der Waals surface area contributed by atoms with Crippen LogP contribution < -0.4 is 20.4 Å². The van der Waals surface area contributed by atoms with Gasteiger partial charge in [0.2, 0.25) is 0 Å². The first-order valence-corrected chi connectivity index (χ1v) is 11.5. The van der Waals surface area contributed by atoms with E-state index in [2.05, 4.69) is 80.7 Å². The molecule has 2 aliphatic heterocycles. The van der Waals surface area contributed by atoms with E-state index < -0.39 is 0 Å². The lowest BCUT2D eigenvalue weighted by molar-refractivity contribution is 0.434. The van der Waals surface area contributed by atoms with Crippen LogP contribution in [-0.4, -0.2) is 6.71 Å². The van der Waals surface area contributed by atoms with Crippen molar-refractivity contribution in [2.45, 2.75) is 6.92 Å². The molecular weight excluding hydrogens is 415 g/mol. The average molecular weight is 438 g/mol. The Kier molecular flexibility index (Phi) is 4.77. The summed E-state index contributed by atoms with van der Waals surface area (Å²) in [6.07, 6.45) is 3.81. The molecule has 0 saturated carbocycles. The lowest BCUT2D eigenvalue weighted by Crippen LogP contribution is -2.52. The lowest BCUT2D eigenvalue weighted by atomic mass is 9.33. The Morgan fingerprint density at radius 2 is 1.53 bits per heavy atom. The molecule has 34 heavy (non-hydrogen) atoms. The van der Waals surface area contributed by atoms with Gasteiger partial charge >= 0.3 is 0 Å². The predicted molar refractivity (Wildman–Crippen MR) is 142 cm³/mol. The van der Waals surface area contributed by atoms with E-state index in [-0.39, 0.29) is 6.71 Å². The Labute approximate surface area is 200 Å². The first-order chi connectivity index (χ1) is 16.7. The molecule has 0 unspecified atom stereocenters. The largest absolute Gasteiger partial charge is 0.459 e. The Bertz CT molecular complexity index is 1500. The van der Waals surface area contributed by atoms with Crippen LogP contribution in [0.3, 0.4) is 0 Å². The average Bonchev–Trinajstić information content (AvgIpc) is 2.86. The van der Waals surface area contributed by atoms with Crippen molar-refractivity contribution < 1.29 is 9.47 Å². The molecule has 0 radical (unpaired) electrons. The van der Waals surface area contributed by atoms with E-state index in [9.17, 15) is 0 Å². The summed E-state index contributed by atoms with van der Waals surface area (Å²) in [5.74, 6) is 3.13. The number of rotatable bonds is 3. The second kappa shape index (κ2) is 7.96. The topological polar surface area (TPSA) is 18.5 Å². The summed E-state index contributed by atoms with van der Waals surface area (Å²) in [6.45, 7) is 10.3. The minimum atomic E-state index is -0.0550. The van der Waals surface area contributed by atoms with Crippen molar-refractivity contribution in [1.29, 1.82) is 0 Å². The standard InChI is InChI=1S/C31H23BO2/c1-4-10-26-21(3)33-29-18-16-25(22-12-6-5-7-13-22)31-30(29)32(26)27-19-23(15-17-28(27)34-31)24-14-9-8-11-20(24)2/h4-19H,1,3H2,2H3/b26-10+. The molecule has 0 bridgehead atoms. The van der Waals surface area contributed by atoms with Gasteiger partial charge in [-0.3, -0.25) is 0 Å². The first-order valence-electron chi connectivity index (χ1n) is 11.5. The fourth-order valence-electron chi connectivity index (χ4n) is 5.09. The van der Waals surface area contributed by atoms with Crippen LogP contribution in [0, 0.1) is 6.92 Å². The van der Waals surface area contributed by atoms with E-state index in [1.165, 1.54) is 16.7 Å². The Morgan fingerprint density at radius 1 is 0.765 bits per heavy atom. The fourth-order valence-corrected chi connectivity index (χ4v) is 5.09. The highest BCUT2D eigenvalue weighted by Crippen LogP contribution is 2.42. The summed E-state index contributed by atoms with van der Waals surface area (Å²) in [4.78, 5) is 0. The van der Waals surface area contributed by atoms with Crippen LogP contribution >= 0.6 is 0 Å². The van der Waals surface area contributed by atoms with Crippen LogP contribution in [0.5, 0.6) is 17.2 Å². The summed E-state index contributed by atoms with van der Waals surface area (Å²) in [5.41, 5.74) is 8.93. The van der Waals surface area contributed by atoms with Gasteiger partial charge in [0.1, 0.15) is 23.0 Å². The Morgan fingerprint density at radius 3 is 2.32 bits per heavy atom. The fraction of sp³-hybridized carbons (Fsp3) is 0.0323. The molecule has 2 aliphatic rings. The zero-order valence-corrected chi connectivity index (χ0v) is 19.0. The highest BCUT2D eigenvalue weighted by molar-refractivity contribution is 6.94. The van der Waals surface area contributed by atoms with Gasteiger partial charge < -0.3 is 9.47 Å². The van der Waals surface area contributed by atoms with Crippen molar-refractivity contribution in [1.82, 2.24) is 0 Å². The van der Waals surface area contributed by atoms with Crippen LogP contribution in [0.15, 0.2) is 121 Å². The molecular formula is C31H23BO2. The van der Waals surface area contributed by atoms with Crippen molar-refractivity contribution in [3.63, 3.8) is 0 Å². The summed E-state index contributed by atoms with van der Waals surface area (Å²) >= 11 is 0.